The van der Waals surface area contributed by atoms with E-state index in [-0.39, 0.29) is 12.0 Å². The molecule has 1 aliphatic carbocycles. The van der Waals surface area contributed by atoms with Crippen LogP contribution in [-0.4, -0.2) is 24.4 Å². The summed E-state index contributed by atoms with van der Waals surface area (Å²) in [5.74, 6) is 1.02. The van der Waals surface area contributed by atoms with Crippen molar-refractivity contribution in [3.05, 3.63) is 29.8 Å². The van der Waals surface area contributed by atoms with Crippen molar-refractivity contribution in [2.75, 3.05) is 13.2 Å². The van der Waals surface area contributed by atoms with Crippen LogP contribution in [0.3, 0.4) is 0 Å². The van der Waals surface area contributed by atoms with Crippen molar-refractivity contribution in [3.63, 3.8) is 0 Å². The van der Waals surface area contributed by atoms with Crippen LogP contribution in [0, 0.1) is 5.41 Å². The molecule has 3 heteroatoms. The molecule has 1 aromatic carbocycles. The van der Waals surface area contributed by atoms with E-state index in [4.69, 9.17) is 9.84 Å². The molecule has 1 aliphatic rings. The summed E-state index contributed by atoms with van der Waals surface area (Å²) in [6.07, 6.45) is 6.18. The summed E-state index contributed by atoms with van der Waals surface area (Å²) >= 11 is 0. The van der Waals surface area contributed by atoms with Crippen molar-refractivity contribution in [2.24, 2.45) is 5.41 Å². The second-order valence-electron chi connectivity index (χ2n) is 6.87. The fraction of sp³-hybridized carbons (Fsp3) is 0.667. The first-order valence-corrected chi connectivity index (χ1v) is 8.17. The maximum absolute atomic E-state index is 9.07. The van der Waals surface area contributed by atoms with E-state index in [1.54, 1.807) is 0 Å². The molecule has 2 N–H and O–H groups in total. The first-order valence-electron chi connectivity index (χ1n) is 8.17. The second-order valence-corrected chi connectivity index (χ2v) is 6.87. The summed E-state index contributed by atoms with van der Waals surface area (Å²) in [7, 11) is 0. The predicted molar refractivity (Wildman–Crippen MR) is 86.5 cm³/mol. The minimum Gasteiger partial charge on any atom is -0.490 e. The molecular formula is C18H29NO2. The monoisotopic (exact) mass is 291 g/mol. The van der Waals surface area contributed by atoms with E-state index in [1.165, 1.54) is 31.2 Å². The summed E-state index contributed by atoms with van der Waals surface area (Å²) in [6, 6.07) is 8.32. The number of nitrogens with one attached hydrogen (secondary N) is 1. The first-order chi connectivity index (χ1) is 10.1. The van der Waals surface area contributed by atoms with Crippen LogP contribution in [0.25, 0.3) is 0 Å². The molecule has 118 valence electrons. The van der Waals surface area contributed by atoms with Gasteiger partial charge in [-0.25, -0.2) is 0 Å². The molecule has 0 bridgehead atoms. The Bertz CT molecular complexity index is 425. The van der Waals surface area contributed by atoms with Crippen LogP contribution < -0.4 is 10.1 Å². The van der Waals surface area contributed by atoms with Gasteiger partial charge in [0.15, 0.2) is 0 Å². The van der Waals surface area contributed by atoms with Gasteiger partial charge >= 0.3 is 0 Å². The van der Waals surface area contributed by atoms with E-state index in [9.17, 15) is 0 Å². The topological polar surface area (TPSA) is 41.5 Å². The van der Waals surface area contributed by atoms with Crippen LogP contribution in [0.4, 0.5) is 0 Å². The quantitative estimate of drug-likeness (QED) is 0.770. The highest BCUT2D eigenvalue weighted by Gasteiger charge is 2.19. The maximum Gasteiger partial charge on any atom is 0.124 e. The summed E-state index contributed by atoms with van der Waals surface area (Å²) in [5, 5.41) is 12.6. The Labute approximate surface area is 128 Å². The maximum atomic E-state index is 9.07. The number of ether oxygens (including phenoxy) is 1. The Morgan fingerprint density at radius 2 is 1.95 bits per heavy atom. The van der Waals surface area contributed by atoms with E-state index in [1.807, 2.05) is 6.07 Å². The van der Waals surface area contributed by atoms with Crippen LogP contribution in [0.2, 0.25) is 0 Å². The molecule has 0 radical (unpaired) electrons. The van der Waals surface area contributed by atoms with Crippen molar-refractivity contribution < 1.29 is 9.84 Å². The zero-order valence-corrected chi connectivity index (χ0v) is 13.4. The van der Waals surface area contributed by atoms with E-state index < -0.39 is 0 Å². The largest absolute Gasteiger partial charge is 0.490 e. The van der Waals surface area contributed by atoms with E-state index >= 15 is 0 Å². The molecule has 0 atom stereocenters. The summed E-state index contributed by atoms with van der Waals surface area (Å²) < 4.78 is 6.16. The molecule has 1 saturated carbocycles. The molecule has 0 aromatic heterocycles. The predicted octanol–water partition coefficient (Wildman–Crippen LogP) is 3.51. The van der Waals surface area contributed by atoms with E-state index in [2.05, 4.69) is 37.4 Å². The summed E-state index contributed by atoms with van der Waals surface area (Å²) in [5.41, 5.74) is 1.35. The third-order valence-electron chi connectivity index (χ3n) is 4.28. The highest BCUT2D eigenvalue weighted by Crippen LogP contribution is 2.27. The molecule has 0 aliphatic heterocycles. The Morgan fingerprint density at radius 3 is 2.67 bits per heavy atom. The molecule has 0 saturated heterocycles. The lowest BCUT2D eigenvalue weighted by Crippen LogP contribution is -2.30. The Kier molecular flexibility index (Phi) is 6.07. The lowest BCUT2D eigenvalue weighted by Gasteiger charge is -2.24. The molecule has 0 spiro atoms. The van der Waals surface area contributed by atoms with Gasteiger partial charge in [-0.2, -0.15) is 0 Å². The normalized spacial score (nSPS) is 16.3. The minimum atomic E-state index is 0.121. The summed E-state index contributed by atoms with van der Waals surface area (Å²) in [4.78, 5) is 0. The number of aliphatic hydroxyl groups excluding tert-OH is 1. The molecular weight excluding hydrogens is 262 g/mol. The second kappa shape index (κ2) is 7.81. The number of hydrogen-bond donors (Lipinski definition) is 2. The van der Waals surface area contributed by atoms with Gasteiger partial charge in [-0.15, -0.1) is 0 Å². The van der Waals surface area contributed by atoms with Gasteiger partial charge in [0.2, 0.25) is 0 Å². The SMILES string of the molecule is CC(C)(CCO)CNCc1ccccc1OC1CCCC1. The lowest BCUT2D eigenvalue weighted by molar-refractivity contribution is 0.202. The third-order valence-corrected chi connectivity index (χ3v) is 4.28. The summed E-state index contributed by atoms with van der Waals surface area (Å²) in [6.45, 7) is 6.31. The van der Waals surface area contributed by atoms with Crippen LogP contribution in [0.5, 0.6) is 5.75 Å². The standard InChI is InChI=1S/C18H29NO2/c1-18(2,11-12-20)14-19-13-15-7-3-6-10-17(15)21-16-8-4-5-9-16/h3,6-7,10,16,19-20H,4-5,8-9,11-14H2,1-2H3. The zero-order valence-electron chi connectivity index (χ0n) is 13.4. The highest BCUT2D eigenvalue weighted by molar-refractivity contribution is 5.33. The molecule has 1 fully saturated rings. The first kappa shape index (κ1) is 16.3. The van der Waals surface area contributed by atoms with E-state index in [0.717, 1.165) is 25.3 Å². The number of rotatable bonds is 8. The van der Waals surface area contributed by atoms with Crippen LogP contribution in [-0.2, 0) is 6.54 Å². The fourth-order valence-electron chi connectivity index (χ4n) is 2.88. The average molecular weight is 291 g/mol. The van der Waals surface area contributed by atoms with Crippen molar-refractivity contribution in [3.8, 4) is 5.75 Å². The molecule has 3 nitrogen and oxygen atoms in total. The fourth-order valence-corrected chi connectivity index (χ4v) is 2.88. The van der Waals surface area contributed by atoms with E-state index in [0.29, 0.717) is 6.10 Å². The van der Waals surface area contributed by atoms with Crippen LogP contribution in [0.1, 0.15) is 51.5 Å². The smallest absolute Gasteiger partial charge is 0.124 e. The average Bonchev–Trinajstić information content (AvgIpc) is 2.93. The Hall–Kier alpha value is -1.06. The molecule has 21 heavy (non-hydrogen) atoms. The van der Waals surface area contributed by atoms with Crippen molar-refractivity contribution in [2.45, 2.75) is 58.6 Å². The number of hydrogen-bond acceptors (Lipinski definition) is 3. The molecule has 0 unspecified atom stereocenters. The van der Waals surface area contributed by atoms with Gasteiger partial charge in [0.1, 0.15) is 5.75 Å². The van der Waals surface area contributed by atoms with Crippen molar-refractivity contribution in [1.29, 1.82) is 0 Å². The van der Waals surface area contributed by atoms with Gasteiger partial charge in [-0.3, -0.25) is 0 Å². The highest BCUT2D eigenvalue weighted by atomic mass is 16.5. The third kappa shape index (κ3) is 5.33. The molecule has 1 aromatic rings. The van der Waals surface area contributed by atoms with Gasteiger partial charge in [-0.1, -0.05) is 32.0 Å². The molecule has 2 rings (SSSR count). The van der Waals surface area contributed by atoms with Gasteiger partial charge in [-0.05, 0) is 43.6 Å². The van der Waals surface area contributed by atoms with Crippen molar-refractivity contribution in [1.82, 2.24) is 5.32 Å². The van der Waals surface area contributed by atoms with Gasteiger partial charge in [0, 0.05) is 25.3 Å². The van der Waals surface area contributed by atoms with Crippen molar-refractivity contribution >= 4 is 0 Å². The zero-order chi connectivity index (χ0) is 15.1. The number of aliphatic hydroxyl groups is 1. The van der Waals surface area contributed by atoms with Gasteiger partial charge < -0.3 is 15.2 Å². The molecule has 0 heterocycles. The Morgan fingerprint density at radius 1 is 1.24 bits per heavy atom. The van der Waals surface area contributed by atoms with Crippen LogP contribution >= 0.6 is 0 Å². The Balaban J connectivity index is 1.87. The van der Waals surface area contributed by atoms with Gasteiger partial charge in [0.05, 0.1) is 6.10 Å². The number of benzene rings is 1. The molecule has 0 amide bonds. The van der Waals surface area contributed by atoms with Gasteiger partial charge in [0.25, 0.3) is 0 Å². The van der Waals surface area contributed by atoms with Crippen LogP contribution in [0.15, 0.2) is 24.3 Å². The minimum absolute atomic E-state index is 0.121. The lowest BCUT2D eigenvalue weighted by atomic mass is 9.90. The number of para-hydroxylation sites is 1.